The zero-order chi connectivity index (χ0) is 10.8. The van der Waals surface area contributed by atoms with E-state index in [9.17, 15) is 4.79 Å². The number of carboxylic acids is 1. The van der Waals surface area contributed by atoms with Crippen LogP contribution in [0.1, 0.15) is 29.5 Å². The van der Waals surface area contributed by atoms with Crippen molar-refractivity contribution >= 4 is 17.3 Å². The van der Waals surface area contributed by atoms with E-state index in [1.54, 1.807) is 11.3 Å². The lowest BCUT2D eigenvalue weighted by atomic mass is 10.2. The summed E-state index contributed by atoms with van der Waals surface area (Å²) >= 11 is 1.62. The van der Waals surface area contributed by atoms with Gasteiger partial charge in [0.15, 0.2) is 6.10 Å². The van der Waals surface area contributed by atoms with Crippen molar-refractivity contribution in [2.45, 2.75) is 31.3 Å². The van der Waals surface area contributed by atoms with E-state index in [0.29, 0.717) is 12.3 Å². The summed E-state index contributed by atoms with van der Waals surface area (Å²) in [5, 5.41) is 11.9. The Kier molecular flexibility index (Phi) is 3.02. The normalized spacial score (nSPS) is 17.7. The largest absolute Gasteiger partial charge is 0.479 e. The first-order valence-corrected chi connectivity index (χ1v) is 5.78. The van der Waals surface area contributed by atoms with Crippen LogP contribution in [0.5, 0.6) is 0 Å². The smallest absolute Gasteiger partial charge is 0.333 e. The van der Waals surface area contributed by atoms with Crippen LogP contribution < -0.4 is 0 Å². The molecule has 1 saturated carbocycles. The molecule has 1 heterocycles. The van der Waals surface area contributed by atoms with Crippen molar-refractivity contribution in [2.24, 2.45) is 0 Å². The summed E-state index contributed by atoms with van der Waals surface area (Å²) < 4.78 is 4.87. The first-order chi connectivity index (χ1) is 7.20. The number of hydrogen-bond acceptors (Lipinski definition) is 4. The maximum Gasteiger partial charge on any atom is 0.333 e. The zero-order valence-electron chi connectivity index (χ0n) is 8.47. The van der Waals surface area contributed by atoms with E-state index in [1.165, 1.54) is 20.0 Å². The molecule has 4 nitrogen and oxygen atoms in total. The summed E-state index contributed by atoms with van der Waals surface area (Å²) in [5.41, 5.74) is 0.830. The van der Waals surface area contributed by atoms with E-state index in [2.05, 4.69) is 4.98 Å². The molecule has 0 amide bonds. The molecule has 0 saturated heterocycles. The Labute approximate surface area is 91.9 Å². The van der Waals surface area contributed by atoms with E-state index in [4.69, 9.17) is 9.84 Å². The van der Waals surface area contributed by atoms with Gasteiger partial charge in [-0.05, 0) is 12.8 Å². The van der Waals surface area contributed by atoms with Crippen molar-refractivity contribution in [1.29, 1.82) is 0 Å². The molecule has 1 aliphatic rings. The van der Waals surface area contributed by atoms with Gasteiger partial charge < -0.3 is 9.84 Å². The van der Waals surface area contributed by atoms with Crippen molar-refractivity contribution in [3.05, 3.63) is 16.1 Å². The molecular weight excluding hydrogens is 214 g/mol. The minimum atomic E-state index is -0.932. The van der Waals surface area contributed by atoms with Crippen LogP contribution >= 0.6 is 11.3 Å². The number of rotatable bonds is 5. The molecule has 0 spiro atoms. The number of nitrogens with zero attached hydrogens (tertiary/aromatic N) is 1. The molecule has 0 radical (unpaired) electrons. The summed E-state index contributed by atoms with van der Waals surface area (Å²) in [6, 6.07) is 0. The zero-order valence-corrected chi connectivity index (χ0v) is 9.29. The molecule has 0 aromatic carbocycles. The molecule has 5 heteroatoms. The summed E-state index contributed by atoms with van der Waals surface area (Å²) in [7, 11) is 1.41. The summed E-state index contributed by atoms with van der Waals surface area (Å²) in [4.78, 5) is 15.2. The number of ether oxygens (including phenoxy) is 1. The predicted molar refractivity (Wildman–Crippen MR) is 56.2 cm³/mol. The summed E-state index contributed by atoms with van der Waals surface area (Å²) in [6.45, 7) is 0. The average Bonchev–Trinajstić information content (AvgIpc) is 2.95. The van der Waals surface area contributed by atoms with Crippen molar-refractivity contribution in [2.75, 3.05) is 7.11 Å². The molecule has 1 unspecified atom stereocenters. The lowest BCUT2D eigenvalue weighted by Crippen LogP contribution is -2.24. The van der Waals surface area contributed by atoms with Crippen LogP contribution in [0.3, 0.4) is 0 Å². The highest BCUT2D eigenvalue weighted by atomic mass is 32.1. The van der Waals surface area contributed by atoms with Gasteiger partial charge in [-0.2, -0.15) is 0 Å². The van der Waals surface area contributed by atoms with Crippen molar-refractivity contribution in [3.8, 4) is 0 Å². The number of aromatic nitrogens is 1. The maximum atomic E-state index is 10.7. The molecule has 0 aliphatic heterocycles. The Morgan fingerprint density at radius 1 is 1.80 bits per heavy atom. The number of carbonyl (C=O) groups is 1. The van der Waals surface area contributed by atoms with Crippen LogP contribution in [0, 0.1) is 0 Å². The van der Waals surface area contributed by atoms with Crippen LogP contribution in [0.2, 0.25) is 0 Å². The SMILES string of the molecule is COC(Cc1csc(C2CC2)n1)C(=O)O. The highest BCUT2D eigenvalue weighted by Gasteiger charge is 2.27. The van der Waals surface area contributed by atoms with Crippen molar-refractivity contribution < 1.29 is 14.6 Å². The minimum Gasteiger partial charge on any atom is -0.479 e. The van der Waals surface area contributed by atoms with Crippen LogP contribution in [0.4, 0.5) is 0 Å². The van der Waals surface area contributed by atoms with Gasteiger partial charge >= 0.3 is 5.97 Å². The molecule has 1 aromatic heterocycles. The fraction of sp³-hybridized carbons (Fsp3) is 0.600. The van der Waals surface area contributed by atoms with Crippen molar-refractivity contribution in [3.63, 3.8) is 0 Å². The van der Waals surface area contributed by atoms with Gasteiger partial charge in [0.05, 0.1) is 10.7 Å². The standard InChI is InChI=1S/C10H13NO3S/c1-14-8(10(12)13)4-7-5-15-9(11-7)6-2-3-6/h5-6,8H,2-4H2,1H3,(H,12,13). The van der Waals surface area contributed by atoms with Gasteiger partial charge in [-0.1, -0.05) is 0 Å². The molecule has 1 aromatic rings. The van der Waals surface area contributed by atoms with Crippen molar-refractivity contribution in [1.82, 2.24) is 4.98 Å². The highest BCUT2D eigenvalue weighted by Crippen LogP contribution is 2.41. The van der Waals surface area contributed by atoms with Gasteiger partial charge in [0.1, 0.15) is 0 Å². The van der Waals surface area contributed by atoms with Crippen LogP contribution in [0.25, 0.3) is 0 Å². The molecule has 1 aliphatic carbocycles. The monoisotopic (exact) mass is 227 g/mol. The fourth-order valence-corrected chi connectivity index (χ4v) is 2.40. The second-order valence-electron chi connectivity index (χ2n) is 3.72. The first kappa shape index (κ1) is 10.6. The van der Waals surface area contributed by atoms with Crippen LogP contribution in [-0.4, -0.2) is 29.3 Å². The number of carboxylic acid groups (broad SMARTS) is 1. The van der Waals surface area contributed by atoms with Gasteiger partial charge in [-0.3, -0.25) is 0 Å². The lowest BCUT2D eigenvalue weighted by molar-refractivity contribution is -0.148. The average molecular weight is 227 g/mol. The topological polar surface area (TPSA) is 59.4 Å². The third kappa shape index (κ3) is 2.54. The molecular formula is C10H13NO3S. The second-order valence-corrected chi connectivity index (χ2v) is 4.61. The number of aliphatic carboxylic acids is 1. The van der Waals surface area contributed by atoms with E-state index in [0.717, 1.165) is 10.7 Å². The number of methoxy groups -OCH3 is 1. The quantitative estimate of drug-likeness (QED) is 0.831. The predicted octanol–water partition coefficient (Wildman–Crippen LogP) is 1.66. The molecule has 82 valence electrons. The number of thiazole rings is 1. The van der Waals surface area contributed by atoms with Crippen LogP contribution in [0.15, 0.2) is 5.38 Å². The number of hydrogen-bond donors (Lipinski definition) is 1. The van der Waals surface area contributed by atoms with E-state index in [1.807, 2.05) is 5.38 Å². The summed E-state index contributed by atoms with van der Waals surface area (Å²) in [6.07, 6.45) is 2.02. The Hall–Kier alpha value is -0.940. The third-order valence-electron chi connectivity index (χ3n) is 2.45. The van der Waals surface area contributed by atoms with Crippen LogP contribution in [-0.2, 0) is 16.0 Å². The second kappa shape index (κ2) is 4.28. The molecule has 0 bridgehead atoms. The van der Waals surface area contributed by atoms with E-state index >= 15 is 0 Å². The molecule has 1 atom stereocenters. The fourth-order valence-electron chi connectivity index (χ4n) is 1.40. The van der Waals surface area contributed by atoms with E-state index < -0.39 is 12.1 Å². The molecule has 1 N–H and O–H groups in total. The maximum absolute atomic E-state index is 10.7. The Bertz CT molecular complexity index is 359. The van der Waals surface area contributed by atoms with Gasteiger partial charge in [-0.15, -0.1) is 11.3 Å². The third-order valence-corrected chi connectivity index (χ3v) is 3.51. The Morgan fingerprint density at radius 3 is 3.07 bits per heavy atom. The first-order valence-electron chi connectivity index (χ1n) is 4.90. The molecule has 2 rings (SSSR count). The summed E-state index contributed by atoms with van der Waals surface area (Å²) in [5.74, 6) is -0.298. The van der Waals surface area contributed by atoms with Gasteiger partial charge in [0.25, 0.3) is 0 Å². The van der Waals surface area contributed by atoms with Gasteiger partial charge in [0, 0.05) is 24.8 Å². The van der Waals surface area contributed by atoms with Gasteiger partial charge in [0.2, 0.25) is 0 Å². The molecule has 1 fully saturated rings. The van der Waals surface area contributed by atoms with Gasteiger partial charge in [-0.25, -0.2) is 9.78 Å². The highest BCUT2D eigenvalue weighted by molar-refractivity contribution is 7.09. The Balaban J connectivity index is 1.99. The molecule has 15 heavy (non-hydrogen) atoms. The van der Waals surface area contributed by atoms with E-state index in [-0.39, 0.29) is 0 Å². The lowest BCUT2D eigenvalue weighted by Gasteiger charge is -2.07. The Morgan fingerprint density at radius 2 is 2.53 bits per heavy atom. The minimum absolute atomic E-state index is 0.356.